The molecule has 3 aromatic carbocycles. The Hall–Kier alpha value is -2.98. The Morgan fingerprint density at radius 1 is 0.960 bits per heavy atom. The summed E-state index contributed by atoms with van der Waals surface area (Å²) in [4.78, 5) is 17.2. The van der Waals surface area contributed by atoms with E-state index in [1.165, 1.54) is 0 Å². The van der Waals surface area contributed by atoms with Crippen LogP contribution >= 0.6 is 11.3 Å². The van der Waals surface area contributed by atoms with Crippen molar-refractivity contribution in [2.45, 2.75) is 6.92 Å². The molecule has 0 atom stereocenters. The van der Waals surface area contributed by atoms with Gasteiger partial charge in [-0.2, -0.15) is 0 Å². The van der Waals surface area contributed by atoms with E-state index >= 15 is 0 Å². The lowest BCUT2D eigenvalue weighted by molar-refractivity contribution is 0.102. The maximum absolute atomic E-state index is 12.5. The molecule has 0 spiro atoms. The minimum atomic E-state index is -0.0976. The van der Waals surface area contributed by atoms with E-state index in [1.807, 2.05) is 73.7 Å². The van der Waals surface area contributed by atoms with Gasteiger partial charge in [-0.05, 0) is 42.8 Å². The Bertz CT molecular complexity index is 1040. The third kappa shape index (κ3) is 3.16. The maximum Gasteiger partial charge on any atom is 0.255 e. The van der Waals surface area contributed by atoms with Gasteiger partial charge in [0.25, 0.3) is 5.91 Å². The fourth-order valence-corrected chi connectivity index (χ4v) is 3.71. The van der Waals surface area contributed by atoms with Crippen LogP contribution in [0.3, 0.4) is 0 Å². The topological polar surface area (TPSA) is 42.0 Å². The van der Waals surface area contributed by atoms with Gasteiger partial charge in [0, 0.05) is 16.8 Å². The van der Waals surface area contributed by atoms with Crippen molar-refractivity contribution in [3.8, 4) is 10.6 Å². The summed E-state index contributed by atoms with van der Waals surface area (Å²) in [7, 11) is 0. The number of fused-ring (bicyclic) bond motifs is 1. The normalized spacial score (nSPS) is 10.8. The Labute approximate surface area is 150 Å². The number of anilines is 1. The third-order valence-electron chi connectivity index (χ3n) is 4.05. The zero-order valence-corrected chi connectivity index (χ0v) is 14.5. The first-order chi connectivity index (χ1) is 12.2. The molecular weight excluding hydrogens is 328 g/mol. The van der Waals surface area contributed by atoms with Crippen molar-refractivity contribution < 1.29 is 4.79 Å². The molecule has 1 heterocycles. The second kappa shape index (κ2) is 6.49. The third-order valence-corrected chi connectivity index (χ3v) is 5.14. The number of aryl methyl sites for hydroxylation is 1. The number of carbonyl (C=O) groups is 1. The van der Waals surface area contributed by atoms with Crippen LogP contribution in [0, 0.1) is 6.92 Å². The Morgan fingerprint density at radius 3 is 2.60 bits per heavy atom. The quantitative estimate of drug-likeness (QED) is 0.531. The van der Waals surface area contributed by atoms with Gasteiger partial charge in [-0.25, -0.2) is 4.98 Å². The minimum absolute atomic E-state index is 0.0976. The summed E-state index contributed by atoms with van der Waals surface area (Å²) >= 11 is 1.65. The first-order valence-corrected chi connectivity index (χ1v) is 8.85. The average Bonchev–Trinajstić information content (AvgIpc) is 3.06. The van der Waals surface area contributed by atoms with Crippen LogP contribution in [0.1, 0.15) is 15.9 Å². The molecule has 0 fully saturated rings. The monoisotopic (exact) mass is 344 g/mol. The van der Waals surface area contributed by atoms with Crippen LogP contribution in [0.15, 0.2) is 72.8 Å². The average molecular weight is 344 g/mol. The number of aromatic nitrogens is 1. The summed E-state index contributed by atoms with van der Waals surface area (Å²) in [6.45, 7) is 1.94. The van der Waals surface area contributed by atoms with Crippen molar-refractivity contribution in [2.75, 3.05) is 5.32 Å². The molecule has 0 saturated carbocycles. The fourth-order valence-electron chi connectivity index (χ4n) is 2.75. The van der Waals surface area contributed by atoms with E-state index in [0.29, 0.717) is 5.56 Å². The van der Waals surface area contributed by atoms with Crippen LogP contribution in [0.2, 0.25) is 0 Å². The predicted molar refractivity (Wildman–Crippen MR) is 104 cm³/mol. The Kier molecular flexibility index (Phi) is 4.04. The van der Waals surface area contributed by atoms with E-state index < -0.39 is 0 Å². The standard InChI is InChI=1S/C21H16N2OS/c1-14-7-2-3-10-17(14)20(24)22-16-9-6-8-15(13-16)21-23-18-11-4-5-12-19(18)25-21/h2-13H,1H3,(H,22,24). The summed E-state index contributed by atoms with van der Waals surface area (Å²) in [5.41, 5.74) is 4.42. The van der Waals surface area contributed by atoms with Gasteiger partial charge in [0.15, 0.2) is 0 Å². The van der Waals surface area contributed by atoms with Gasteiger partial charge in [-0.3, -0.25) is 4.79 Å². The zero-order chi connectivity index (χ0) is 17.2. The number of para-hydroxylation sites is 1. The Balaban J connectivity index is 1.63. The van der Waals surface area contributed by atoms with E-state index in [0.717, 1.165) is 32.0 Å². The van der Waals surface area contributed by atoms with E-state index in [-0.39, 0.29) is 5.91 Å². The van der Waals surface area contributed by atoms with Crippen LogP contribution in [-0.2, 0) is 0 Å². The molecule has 0 radical (unpaired) electrons. The Morgan fingerprint density at radius 2 is 1.76 bits per heavy atom. The highest BCUT2D eigenvalue weighted by Crippen LogP contribution is 2.31. The maximum atomic E-state index is 12.5. The molecule has 1 amide bonds. The summed E-state index contributed by atoms with van der Waals surface area (Å²) < 4.78 is 1.16. The molecule has 0 aliphatic heterocycles. The predicted octanol–water partition coefficient (Wildman–Crippen LogP) is 5.52. The highest BCUT2D eigenvalue weighted by Gasteiger charge is 2.10. The lowest BCUT2D eigenvalue weighted by Crippen LogP contribution is -2.13. The second-order valence-electron chi connectivity index (χ2n) is 5.84. The number of hydrogen-bond donors (Lipinski definition) is 1. The van der Waals surface area contributed by atoms with Crippen molar-refractivity contribution in [1.82, 2.24) is 4.98 Å². The largest absolute Gasteiger partial charge is 0.322 e. The van der Waals surface area contributed by atoms with Crippen molar-refractivity contribution in [2.24, 2.45) is 0 Å². The number of nitrogens with one attached hydrogen (secondary N) is 1. The minimum Gasteiger partial charge on any atom is -0.322 e. The molecule has 0 saturated heterocycles. The number of nitrogens with zero attached hydrogens (tertiary/aromatic N) is 1. The van der Waals surface area contributed by atoms with Gasteiger partial charge in [0.2, 0.25) is 0 Å². The van der Waals surface area contributed by atoms with Crippen LogP contribution in [0.5, 0.6) is 0 Å². The summed E-state index contributed by atoms with van der Waals surface area (Å²) in [6, 6.07) is 23.5. The van der Waals surface area contributed by atoms with E-state index in [2.05, 4.69) is 16.4 Å². The van der Waals surface area contributed by atoms with E-state index in [1.54, 1.807) is 11.3 Å². The summed E-state index contributed by atoms with van der Waals surface area (Å²) in [5, 5.41) is 3.93. The van der Waals surface area contributed by atoms with Crippen LogP contribution in [-0.4, -0.2) is 10.9 Å². The van der Waals surface area contributed by atoms with E-state index in [4.69, 9.17) is 0 Å². The number of carbonyl (C=O) groups excluding carboxylic acids is 1. The molecule has 4 aromatic rings. The van der Waals surface area contributed by atoms with Crippen molar-refractivity contribution in [3.05, 3.63) is 83.9 Å². The first kappa shape index (κ1) is 15.5. The van der Waals surface area contributed by atoms with Gasteiger partial charge in [-0.15, -0.1) is 11.3 Å². The fraction of sp³-hybridized carbons (Fsp3) is 0.0476. The van der Waals surface area contributed by atoms with Crippen molar-refractivity contribution in [3.63, 3.8) is 0 Å². The molecule has 122 valence electrons. The van der Waals surface area contributed by atoms with Crippen molar-refractivity contribution in [1.29, 1.82) is 0 Å². The van der Waals surface area contributed by atoms with Crippen LogP contribution in [0.4, 0.5) is 5.69 Å². The lowest BCUT2D eigenvalue weighted by Gasteiger charge is -2.08. The molecule has 4 heteroatoms. The van der Waals surface area contributed by atoms with Crippen molar-refractivity contribution >= 4 is 33.1 Å². The number of rotatable bonds is 3. The summed E-state index contributed by atoms with van der Waals surface area (Å²) in [6.07, 6.45) is 0. The molecule has 1 aromatic heterocycles. The molecule has 4 rings (SSSR count). The molecule has 25 heavy (non-hydrogen) atoms. The number of thiazole rings is 1. The molecule has 0 aliphatic carbocycles. The molecule has 0 unspecified atom stereocenters. The van der Waals surface area contributed by atoms with Crippen LogP contribution in [0.25, 0.3) is 20.8 Å². The number of benzene rings is 3. The lowest BCUT2D eigenvalue weighted by atomic mass is 10.1. The molecule has 1 N–H and O–H groups in total. The zero-order valence-electron chi connectivity index (χ0n) is 13.7. The first-order valence-electron chi connectivity index (χ1n) is 8.04. The number of hydrogen-bond acceptors (Lipinski definition) is 3. The van der Waals surface area contributed by atoms with E-state index in [9.17, 15) is 4.79 Å². The molecule has 3 nitrogen and oxygen atoms in total. The van der Waals surface area contributed by atoms with Gasteiger partial charge >= 0.3 is 0 Å². The second-order valence-corrected chi connectivity index (χ2v) is 6.87. The highest BCUT2D eigenvalue weighted by atomic mass is 32.1. The van der Waals surface area contributed by atoms with Gasteiger partial charge in [-0.1, -0.05) is 42.5 Å². The highest BCUT2D eigenvalue weighted by molar-refractivity contribution is 7.21. The van der Waals surface area contributed by atoms with Gasteiger partial charge in [0.1, 0.15) is 5.01 Å². The van der Waals surface area contributed by atoms with Gasteiger partial charge < -0.3 is 5.32 Å². The smallest absolute Gasteiger partial charge is 0.255 e. The summed E-state index contributed by atoms with van der Waals surface area (Å²) in [5.74, 6) is -0.0976. The SMILES string of the molecule is Cc1ccccc1C(=O)Nc1cccc(-c2nc3ccccc3s2)c1. The van der Waals surface area contributed by atoms with Crippen LogP contribution < -0.4 is 5.32 Å². The molecular formula is C21H16N2OS. The molecule has 0 aliphatic rings. The molecule has 0 bridgehead atoms. The number of amides is 1. The van der Waals surface area contributed by atoms with Gasteiger partial charge in [0.05, 0.1) is 10.2 Å².